The maximum atomic E-state index is 11.8. The van der Waals surface area contributed by atoms with Gasteiger partial charge in [0.25, 0.3) is 0 Å². The van der Waals surface area contributed by atoms with Crippen molar-refractivity contribution in [3.8, 4) is 5.75 Å². The van der Waals surface area contributed by atoms with Crippen molar-refractivity contribution in [2.24, 2.45) is 22.9 Å². The Bertz CT molecular complexity index is 1360. The molecular formula is C31H41ClN2O6S. The van der Waals surface area contributed by atoms with Crippen LogP contribution in [-0.2, 0) is 23.1 Å². The first-order valence-corrected chi connectivity index (χ1v) is 16.3. The van der Waals surface area contributed by atoms with Gasteiger partial charge in [0.1, 0.15) is 12.4 Å². The van der Waals surface area contributed by atoms with Gasteiger partial charge < -0.3 is 19.8 Å². The lowest BCUT2D eigenvalue weighted by Gasteiger charge is -2.42. The summed E-state index contributed by atoms with van der Waals surface area (Å²) >= 11 is 6.27. The van der Waals surface area contributed by atoms with Gasteiger partial charge in [0.2, 0.25) is 10.0 Å². The number of fused-ring (bicyclic) bond motifs is 2. The molecule has 2 aromatic carbocycles. The lowest BCUT2D eigenvalue weighted by atomic mass is 9.70. The van der Waals surface area contributed by atoms with Crippen LogP contribution in [0.25, 0.3) is 0 Å². The largest absolute Gasteiger partial charge is 0.487 e. The molecular weight excluding hydrogens is 564 g/mol. The number of hydrogen-bond acceptors (Lipinski definition) is 6. The molecule has 5 atom stereocenters. The standard InChI is InChI=1S/C31H41ClN2O6S/c1-20(21(2)41(33,38)39)6-5-8-29(35)27-13-10-24(27)18-34-15-4-3-7-22-16-26(32)12-9-25(22)19-40-30-14-11-23(31(36)37)17-28(30)34/h5,8-9,11-12,14,16-17,20-21,24,27,29,35H,3-4,6-7,10,13,15,18-19H2,1-2H3,(H,36,37)(H2,33,38,39)/b8-5+/t20-,21-,24-,27+,29-/m0/s1. The van der Waals surface area contributed by atoms with Gasteiger partial charge >= 0.3 is 5.97 Å². The zero-order valence-corrected chi connectivity index (χ0v) is 25.3. The van der Waals surface area contributed by atoms with Crippen molar-refractivity contribution in [1.82, 2.24) is 0 Å². The molecule has 0 aromatic heterocycles. The number of aliphatic hydroxyl groups excluding tert-OH is 1. The highest BCUT2D eigenvalue weighted by molar-refractivity contribution is 7.89. The van der Waals surface area contributed by atoms with E-state index in [2.05, 4.69) is 4.90 Å². The molecule has 2 aromatic rings. The number of anilines is 1. The first-order valence-electron chi connectivity index (χ1n) is 14.3. The van der Waals surface area contributed by atoms with Gasteiger partial charge in [-0.25, -0.2) is 18.4 Å². The van der Waals surface area contributed by atoms with Gasteiger partial charge in [-0.15, -0.1) is 0 Å². The maximum Gasteiger partial charge on any atom is 0.335 e. The zero-order chi connectivity index (χ0) is 29.7. The Kier molecular flexibility index (Phi) is 10.4. The molecule has 0 amide bonds. The predicted octanol–water partition coefficient (Wildman–Crippen LogP) is 5.41. The average Bonchev–Trinajstić information content (AvgIpc) is 2.93. The van der Waals surface area contributed by atoms with E-state index in [4.69, 9.17) is 21.5 Å². The molecule has 4 N–H and O–H groups in total. The van der Waals surface area contributed by atoms with E-state index in [1.807, 2.05) is 31.2 Å². The quantitative estimate of drug-likeness (QED) is 0.326. The molecule has 224 valence electrons. The maximum absolute atomic E-state index is 11.8. The fraction of sp³-hybridized carbons (Fsp3) is 0.516. The van der Waals surface area contributed by atoms with Crippen LogP contribution in [0.2, 0.25) is 5.02 Å². The molecule has 1 aliphatic carbocycles. The van der Waals surface area contributed by atoms with Gasteiger partial charge in [-0.05, 0) is 105 Å². The normalized spacial score (nSPS) is 21.9. The first-order chi connectivity index (χ1) is 19.4. The number of aliphatic hydroxyl groups is 1. The number of nitrogens with zero attached hydrogens (tertiary/aromatic N) is 1. The molecule has 0 saturated heterocycles. The van der Waals surface area contributed by atoms with E-state index in [-0.39, 0.29) is 23.3 Å². The van der Waals surface area contributed by atoms with Crippen molar-refractivity contribution in [1.29, 1.82) is 0 Å². The van der Waals surface area contributed by atoms with E-state index < -0.39 is 27.3 Å². The Labute approximate surface area is 248 Å². The van der Waals surface area contributed by atoms with Crippen molar-refractivity contribution in [3.63, 3.8) is 0 Å². The number of sulfonamides is 1. The highest BCUT2D eigenvalue weighted by Gasteiger charge is 2.37. The first kappa shape index (κ1) is 31.3. The third-order valence-corrected chi connectivity index (χ3v) is 10.5. The summed E-state index contributed by atoms with van der Waals surface area (Å²) in [6, 6.07) is 10.8. The number of carboxylic acids is 1. The molecule has 41 heavy (non-hydrogen) atoms. The molecule has 0 bridgehead atoms. The number of benzene rings is 2. The number of halogens is 1. The van der Waals surface area contributed by atoms with Crippen LogP contribution in [0.3, 0.4) is 0 Å². The number of allylic oxidation sites excluding steroid dienone is 1. The highest BCUT2D eigenvalue weighted by Crippen LogP contribution is 2.41. The molecule has 1 aliphatic heterocycles. The summed E-state index contributed by atoms with van der Waals surface area (Å²) < 4.78 is 29.6. The summed E-state index contributed by atoms with van der Waals surface area (Å²) in [5.74, 6) is -0.236. The second kappa shape index (κ2) is 13.6. The second-order valence-electron chi connectivity index (χ2n) is 11.5. The fourth-order valence-corrected chi connectivity index (χ4v) is 6.67. The van der Waals surface area contributed by atoms with Gasteiger partial charge in [-0.3, -0.25) is 0 Å². The lowest BCUT2D eigenvalue weighted by molar-refractivity contribution is 0.0461. The molecule has 0 unspecified atom stereocenters. The molecule has 4 rings (SSSR count). The minimum absolute atomic E-state index is 0.0637. The van der Waals surface area contributed by atoms with Crippen molar-refractivity contribution >= 4 is 33.3 Å². The summed E-state index contributed by atoms with van der Waals surface area (Å²) in [6.07, 6.45) is 8.08. The number of ether oxygens (including phenoxy) is 1. The van der Waals surface area contributed by atoms with Crippen molar-refractivity contribution in [2.75, 3.05) is 18.0 Å². The summed E-state index contributed by atoms with van der Waals surface area (Å²) in [6.45, 7) is 5.20. The summed E-state index contributed by atoms with van der Waals surface area (Å²) in [5.41, 5.74) is 3.19. The fourth-order valence-electron chi connectivity index (χ4n) is 5.72. The van der Waals surface area contributed by atoms with Gasteiger partial charge in [0, 0.05) is 18.1 Å². The van der Waals surface area contributed by atoms with E-state index in [0.29, 0.717) is 30.3 Å². The highest BCUT2D eigenvalue weighted by atomic mass is 35.5. The van der Waals surface area contributed by atoms with Crippen LogP contribution in [0.5, 0.6) is 5.75 Å². The lowest BCUT2D eigenvalue weighted by Crippen LogP contribution is -2.43. The molecule has 1 heterocycles. The number of aromatic carboxylic acids is 1. The molecule has 10 heteroatoms. The molecule has 1 saturated carbocycles. The topological polar surface area (TPSA) is 130 Å². The van der Waals surface area contributed by atoms with Crippen LogP contribution in [0.4, 0.5) is 5.69 Å². The number of carbonyl (C=O) groups is 1. The van der Waals surface area contributed by atoms with E-state index in [1.165, 1.54) is 0 Å². The van der Waals surface area contributed by atoms with Crippen LogP contribution < -0.4 is 14.8 Å². The Morgan fingerprint density at radius 3 is 2.63 bits per heavy atom. The number of primary sulfonamides is 1. The third kappa shape index (κ3) is 8.03. The monoisotopic (exact) mass is 604 g/mol. The number of rotatable bonds is 9. The SMILES string of the molecule is C[C@@H](C/C=C/[C@H](O)[C@@H]1CC[C@H]1CN1CCCCc2cc(Cl)ccc2COc2ccc(C(=O)O)cc21)[C@H](C)S(N)(=O)=O. The zero-order valence-electron chi connectivity index (χ0n) is 23.7. The third-order valence-electron chi connectivity index (χ3n) is 8.75. The Morgan fingerprint density at radius 2 is 1.95 bits per heavy atom. The summed E-state index contributed by atoms with van der Waals surface area (Å²) in [4.78, 5) is 14.1. The number of hydrogen-bond donors (Lipinski definition) is 3. The molecule has 0 spiro atoms. The summed E-state index contributed by atoms with van der Waals surface area (Å²) in [5, 5.41) is 26.0. The second-order valence-corrected chi connectivity index (χ2v) is 13.9. The van der Waals surface area contributed by atoms with Crippen molar-refractivity contribution < 1.29 is 28.2 Å². The Hall–Kier alpha value is -2.59. The smallest absolute Gasteiger partial charge is 0.335 e. The average molecular weight is 605 g/mol. The van der Waals surface area contributed by atoms with Gasteiger partial charge in [0.05, 0.1) is 22.6 Å². The number of carboxylic acid groups (broad SMARTS) is 1. The van der Waals surface area contributed by atoms with E-state index >= 15 is 0 Å². The van der Waals surface area contributed by atoms with Crippen LogP contribution in [0.1, 0.15) is 67.4 Å². The predicted molar refractivity (Wildman–Crippen MR) is 162 cm³/mol. The van der Waals surface area contributed by atoms with Gasteiger partial charge in [-0.2, -0.15) is 0 Å². The molecule has 0 radical (unpaired) electrons. The Balaban J connectivity index is 1.50. The van der Waals surface area contributed by atoms with Crippen LogP contribution >= 0.6 is 11.6 Å². The van der Waals surface area contributed by atoms with Crippen molar-refractivity contribution in [2.45, 2.75) is 70.3 Å². The Morgan fingerprint density at radius 1 is 1.17 bits per heavy atom. The summed E-state index contributed by atoms with van der Waals surface area (Å²) in [7, 11) is -3.61. The number of nitrogens with two attached hydrogens (primary N) is 1. The van der Waals surface area contributed by atoms with Crippen LogP contribution in [-0.4, -0.2) is 49.0 Å². The van der Waals surface area contributed by atoms with E-state index in [0.717, 1.165) is 55.5 Å². The molecule has 2 aliphatic rings. The van der Waals surface area contributed by atoms with Gasteiger partial charge in [-0.1, -0.05) is 36.7 Å². The van der Waals surface area contributed by atoms with Crippen molar-refractivity contribution in [3.05, 3.63) is 70.3 Å². The van der Waals surface area contributed by atoms with Crippen LogP contribution in [0, 0.1) is 17.8 Å². The minimum atomic E-state index is -3.61. The van der Waals surface area contributed by atoms with Gasteiger partial charge in [0.15, 0.2) is 0 Å². The van der Waals surface area contributed by atoms with Crippen LogP contribution in [0.15, 0.2) is 48.6 Å². The van der Waals surface area contributed by atoms with E-state index in [1.54, 1.807) is 31.2 Å². The minimum Gasteiger partial charge on any atom is -0.487 e. The molecule has 1 fully saturated rings. The molecule has 8 nitrogen and oxygen atoms in total. The number of aryl methyl sites for hydroxylation is 1. The van der Waals surface area contributed by atoms with E-state index in [9.17, 15) is 23.4 Å².